The number of nitrogens with zero attached hydrogens (tertiary/aromatic N) is 5. The topological polar surface area (TPSA) is 159 Å². The summed E-state index contributed by atoms with van der Waals surface area (Å²) < 4.78 is 106. The summed E-state index contributed by atoms with van der Waals surface area (Å²) in [6.45, 7) is 3.34. The Bertz CT molecular complexity index is 2150. The van der Waals surface area contributed by atoms with Crippen LogP contribution in [0.2, 0.25) is 0 Å². The van der Waals surface area contributed by atoms with Crippen LogP contribution < -0.4 is 5.32 Å². The van der Waals surface area contributed by atoms with Gasteiger partial charge in [-0.3, -0.25) is 4.18 Å². The van der Waals surface area contributed by atoms with Crippen LogP contribution in [-0.4, -0.2) is 59.3 Å². The molecule has 12 nitrogen and oxygen atoms in total. The van der Waals surface area contributed by atoms with Crippen molar-refractivity contribution >= 4 is 37.1 Å². The third kappa shape index (κ3) is 5.96. The summed E-state index contributed by atoms with van der Waals surface area (Å²) >= 11 is 0. The molecule has 0 aliphatic heterocycles. The molecule has 0 unspecified atom stereocenters. The van der Waals surface area contributed by atoms with E-state index < -0.39 is 49.7 Å². The number of halogens is 3. The lowest BCUT2D eigenvalue weighted by Gasteiger charge is -2.21. The predicted octanol–water partition coefficient (Wildman–Crippen LogP) is 5.33. The second-order valence-corrected chi connectivity index (χ2v) is 14.3. The Morgan fingerprint density at radius 2 is 1.76 bits per heavy atom. The fraction of sp³-hybridized carbons (Fsp3) is 0.310. The highest BCUT2D eigenvalue weighted by atomic mass is 32.2. The second kappa shape index (κ2) is 11.5. The monoisotopic (exact) mass is 676 g/mol. The third-order valence-corrected chi connectivity index (χ3v) is 9.89. The summed E-state index contributed by atoms with van der Waals surface area (Å²) in [6.07, 6.45) is -1.63. The maximum absolute atomic E-state index is 14.4. The third-order valence-electron chi connectivity index (χ3n) is 7.62. The van der Waals surface area contributed by atoms with Gasteiger partial charge < -0.3 is 9.84 Å². The highest BCUT2D eigenvalue weighted by Gasteiger charge is 2.38. The summed E-state index contributed by atoms with van der Waals surface area (Å²) in [5.41, 5.74) is -0.806. The molecule has 1 N–H and O–H groups in total. The molecule has 5 aromatic rings. The van der Waals surface area contributed by atoms with Crippen LogP contribution in [0, 0.1) is 13.8 Å². The molecule has 0 amide bonds. The van der Waals surface area contributed by atoms with E-state index in [9.17, 15) is 30.0 Å². The molecular weight excluding hydrogens is 649 g/mol. The Kier molecular flexibility index (Phi) is 7.88. The molecule has 0 saturated heterocycles. The fourth-order valence-corrected chi connectivity index (χ4v) is 7.62. The zero-order valence-corrected chi connectivity index (χ0v) is 26.2. The summed E-state index contributed by atoms with van der Waals surface area (Å²) in [5, 5.41) is 6.92. The highest BCUT2D eigenvalue weighted by Crippen LogP contribution is 2.41. The van der Waals surface area contributed by atoms with Crippen molar-refractivity contribution < 1.29 is 38.7 Å². The first kappa shape index (κ1) is 31.6. The number of benzene rings is 1. The largest absolute Gasteiger partial charge is 0.419 e. The number of anilines is 1. The van der Waals surface area contributed by atoms with E-state index in [1.807, 2.05) is 0 Å². The lowest BCUT2D eigenvalue weighted by Crippen LogP contribution is -2.33. The lowest BCUT2D eigenvalue weighted by molar-refractivity contribution is -0.137. The molecule has 1 fully saturated rings. The van der Waals surface area contributed by atoms with Gasteiger partial charge in [-0.05, 0) is 57.4 Å². The smallest absolute Gasteiger partial charge is 0.361 e. The maximum Gasteiger partial charge on any atom is 0.419 e. The molecule has 46 heavy (non-hydrogen) atoms. The van der Waals surface area contributed by atoms with Crippen molar-refractivity contribution in [3.63, 3.8) is 0 Å². The first-order valence-electron chi connectivity index (χ1n) is 14.0. The van der Waals surface area contributed by atoms with Crippen molar-refractivity contribution in [3.05, 3.63) is 71.9 Å². The van der Waals surface area contributed by atoms with Gasteiger partial charge in [-0.2, -0.15) is 21.6 Å². The number of rotatable bonds is 8. The molecule has 4 aromatic heterocycles. The summed E-state index contributed by atoms with van der Waals surface area (Å²) in [4.78, 5) is 12.6. The number of aryl methyl sites for hydroxylation is 2. The van der Waals surface area contributed by atoms with Crippen LogP contribution in [0.4, 0.5) is 19.1 Å². The van der Waals surface area contributed by atoms with Crippen LogP contribution in [0.5, 0.6) is 0 Å². The predicted molar refractivity (Wildman–Crippen MR) is 161 cm³/mol. The molecule has 4 heterocycles. The van der Waals surface area contributed by atoms with Gasteiger partial charge in [-0.15, -0.1) is 0 Å². The molecule has 6 rings (SSSR count). The van der Waals surface area contributed by atoms with E-state index in [-0.39, 0.29) is 27.4 Å². The summed E-state index contributed by atoms with van der Waals surface area (Å²) in [5.74, 6) is 0.202. The molecule has 1 aliphatic rings. The molecule has 0 radical (unpaired) electrons. The van der Waals surface area contributed by atoms with E-state index in [1.54, 1.807) is 19.9 Å². The van der Waals surface area contributed by atoms with Crippen LogP contribution in [0.25, 0.3) is 33.5 Å². The molecule has 2 atom stereocenters. The minimum atomic E-state index is -4.92. The van der Waals surface area contributed by atoms with Crippen LogP contribution in [-0.2, 0) is 30.5 Å². The molecule has 0 bridgehead atoms. The molecule has 0 spiro atoms. The van der Waals surface area contributed by atoms with Crippen molar-refractivity contribution in [1.29, 1.82) is 0 Å². The quantitative estimate of drug-likeness (QED) is 0.212. The van der Waals surface area contributed by atoms with Crippen LogP contribution >= 0.6 is 0 Å². The fourth-order valence-electron chi connectivity index (χ4n) is 5.60. The lowest BCUT2D eigenvalue weighted by atomic mass is 10.1. The van der Waals surface area contributed by atoms with Crippen molar-refractivity contribution in [2.75, 3.05) is 11.6 Å². The number of hydrogen-bond donors (Lipinski definition) is 1. The Hall–Kier alpha value is -4.35. The first-order chi connectivity index (χ1) is 21.6. The van der Waals surface area contributed by atoms with E-state index in [1.165, 1.54) is 36.4 Å². The van der Waals surface area contributed by atoms with Crippen molar-refractivity contribution in [3.8, 4) is 22.5 Å². The van der Waals surface area contributed by atoms with Crippen molar-refractivity contribution in [1.82, 2.24) is 24.1 Å². The van der Waals surface area contributed by atoms with Gasteiger partial charge in [0, 0.05) is 23.3 Å². The molecule has 1 saturated carbocycles. The van der Waals surface area contributed by atoms with Crippen LogP contribution in [0.1, 0.15) is 36.3 Å². The van der Waals surface area contributed by atoms with Crippen molar-refractivity contribution in [2.24, 2.45) is 0 Å². The summed E-state index contributed by atoms with van der Waals surface area (Å²) in [7, 11) is -8.16. The summed E-state index contributed by atoms with van der Waals surface area (Å²) in [6, 6.07) is 9.82. The SMILES string of the molecule is Cc1noc(C)c1-c1ccc2c(-c3nc(N[C@H]4CCC[C@H]4OS(C)(=O)=O)ncc3C(F)(F)F)cn(S(=O)(=O)c3ccccc3)c2n1. The van der Waals surface area contributed by atoms with E-state index in [4.69, 9.17) is 8.71 Å². The van der Waals surface area contributed by atoms with Crippen LogP contribution in [0.3, 0.4) is 0 Å². The van der Waals surface area contributed by atoms with Gasteiger partial charge in [0.1, 0.15) is 11.3 Å². The van der Waals surface area contributed by atoms with E-state index in [0.717, 1.165) is 16.4 Å². The minimum absolute atomic E-state index is 0.0734. The van der Waals surface area contributed by atoms with E-state index in [0.29, 0.717) is 48.2 Å². The van der Waals surface area contributed by atoms with Gasteiger partial charge in [0.2, 0.25) is 5.95 Å². The number of nitrogens with one attached hydrogen (secondary N) is 1. The zero-order chi connectivity index (χ0) is 33.0. The Morgan fingerprint density at radius 1 is 1.02 bits per heavy atom. The molecule has 17 heteroatoms. The van der Waals surface area contributed by atoms with Gasteiger partial charge >= 0.3 is 6.18 Å². The molecule has 1 aliphatic carbocycles. The Labute approximate surface area is 261 Å². The van der Waals surface area contributed by atoms with Crippen LogP contribution in [0.15, 0.2) is 64.3 Å². The van der Waals surface area contributed by atoms with Gasteiger partial charge in [-0.25, -0.2) is 27.3 Å². The normalized spacial score (nSPS) is 17.5. The number of pyridine rings is 1. The molecular formula is C29H27F3N6O6S2. The number of hydrogen-bond acceptors (Lipinski definition) is 11. The van der Waals surface area contributed by atoms with E-state index >= 15 is 0 Å². The average Bonchev–Trinajstić information content (AvgIpc) is 3.68. The van der Waals surface area contributed by atoms with Gasteiger partial charge in [0.25, 0.3) is 20.1 Å². The molecule has 242 valence electrons. The van der Waals surface area contributed by atoms with Crippen molar-refractivity contribution in [2.45, 2.75) is 56.3 Å². The average molecular weight is 677 g/mol. The molecule has 1 aromatic carbocycles. The second-order valence-electron chi connectivity index (χ2n) is 10.9. The number of aromatic nitrogens is 5. The maximum atomic E-state index is 14.4. The zero-order valence-electron chi connectivity index (χ0n) is 24.6. The Morgan fingerprint density at radius 3 is 2.41 bits per heavy atom. The van der Waals surface area contributed by atoms with Gasteiger partial charge in [-0.1, -0.05) is 23.4 Å². The Balaban J connectivity index is 1.55. The van der Waals surface area contributed by atoms with Gasteiger partial charge in [0.15, 0.2) is 5.65 Å². The number of alkyl halides is 3. The number of fused-ring (bicyclic) bond motifs is 1. The first-order valence-corrected chi connectivity index (χ1v) is 17.2. The standard InChI is InChI=1S/C29H27F3N6O6S2/c1-16-25(17(2)43-37-16)23-13-12-19-20(15-38(27(19)34-23)46(41,42)18-8-5-4-6-9-18)26-21(29(30,31)32)14-33-28(36-26)35-22-10-7-11-24(22)44-45(3,39)40/h4-6,8-9,12-15,22,24H,7,10-11H2,1-3H3,(H,33,35,36)/t22-,24+/m0/s1. The highest BCUT2D eigenvalue weighted by molar-refractivity contribution is 7.90. The minimum Gasteiger partial charge on any atom is -0.361 e. The van der Waals surface area contributed by atoms with Gasteiger partial charge in [0.05, 0.1) is 45.9 Å². The van der Waals surface area contributed by atoms with E-state index in [2.05, 4.69) is 25.4 Å².